The topological polar surface area (TPSA) is 94.5 Å². The summed E-state index contributed by atoms with van der Waals surface area (Å²) < 4.78 is 27.5. The molecule has 0 radical (unpaired) electrons. The Kier molecular flexibility index (Phi) is 5.84. The summed E-state index contributed by atoms with van der Waals surface area (Å²) in [6.07, 6.45) is 0. The smallest absolute Gasteiger partial charge is 0.232 e. The largest absolute Gasteiger partial charge is 0.494 e. The minimum atomic E-state index is -3.43. The van der Waals surface area contributed by atoms with Gasteiger partial charge < -0.3 is 10.1 Å². The van der Waals surface area contributed by atoms with Crippen molar-refractivity contribution in [1.29, 1.82) is 0 Å². The summed E-state index contributed by atoms with van der Waals surface area (Å²) >= 11 is 3.43. The molecule has 0 aliphatic rings. The fourth-order valence-electron chi connectivity index (χ4n) is 3.24. The lowest BCUT2D eigenvalue weighted by atomic mass is 10.0. The van der Waals surface area contributed by atoms with E-state index in [0.717, 1.165) is 15.7 Å². The zero-order chi connectivity index (χ0) is 22.0. The fourth-order valence-corrected chi connectivity index (χ4v) is 4.13. The highest BCUT2D eigenvalue weighted by atomic mass is 79.9. The predicted octanol–water partition coefficient (Wildman–Crippen LogP) is 5.57. The van der Waals surface area contributed by atoms with Crippen LogP contribution in [0.3, 0.4) is 0 Å². The summed E-state index contributed by atoms with van der Waals surface area (Å²) in [6, 6.07) is 22.2. The molecule has 1 heterocycles. The van der Waals surface area contributed by atoms with Crippen LogP contribution >= 0.6 is 15.9 Å². The molecule has 6 nitrogen and oxygen atoms in total. The summed E-state index contributed by atoms with van der Waals surface area (Å²) in [5, 5.41) is 11.4. The Hall–Kier alpha value is -3.10. The highest BCUT2D eigenvalue weighted by Gasteiger charge is 2.19. The van der Waals surface area contributed by atoms with Gasteiger partial charge in [-0.15, -0.1) is 0 Å². The lowest BCUT2D eigenvalue weighted by Crippen LogP contribution is -2.14. The number of nitrogens with one attached hydrogen (secondary N) is 2. The summed E-state index contributed by atoms with van der Waals surface area (Å²) in [5.74, 6) is -0.0680. The molecule has 0 saturated heterocycles. The van der Waals surface area contributed by atoms with Crippen LogP contribution < -0.4 is 4.72 Å². The SMILES string of the molecule is CCS(=O)(=O)Nc1ccc2[nH]c(O)c(C(=Nc3ccc(Br)cc3)c3ccccc3)c2c1. The predicted molar refractivity (Wildman–Crippen MR) is 129 cm³/mol. The first-order chi connectivity index (χ1) is 14.9. The van der Waals surface area contributed by atoms with Crippen LogP contribution in [0, 0.1) is 0 Å². The number of fused-ring (bicyclic) bond motifs is 1. The van der Waals surface area contributed by atoms with Crippen molar-refractivity contribution in [3.8, 4) is 5.88 Å². The Labute approximate surface area is 188 Å². The van der Waals surface area contributed by atoms with Crippen molar-refractivity contribution in [2.75, 3.05) is 10.5 Å². The number of sulfonamides is 1. The van der Waals surface area contributed by atoms with Crippen LogP contribution in [0.1, 0.15) is 18.1 Å². The number of anilines is 1. The van der Waals surface area contributed by atoms with Gasteiger partial charge in [-0.1, -0.05) is 46.3 Å². The van der Waals surface area contributed by atoms with E-state index in [4.69, 9.17) is 4.99 Å². The maximum Gasteiger partial charge on any atom is 0.232 e. The molecule has 31 heavy (non-hydrogen) atoms. The Morgan fingerprint density at radius 1 is 1.06 bits per heavy atom. The second kappa shape index (κ2) is 8.56. The summed E-state index contributed by atoms with van der Waals surface area (Å²) in [5.41, 5.74) is 3.71. The van der Waals surface area contributed by atoms with Gasteiger partial charge in [-0.05, 0) is 49.4 Å². The van der Waals surface area contributed by atoms with E-state index >= 15 is 0 Å². The number of hydrogen-bond acceptors (Lipinski definition) is 4. The molecule has 0 saturated carbocycles. The molecule has 8 heteroatoms. The Balaban J connectivity index is 1.93. The van der Waals surface area contributed by atoms with Gasteiger partial charge in [0.2, 0.25) is 10.0 Å². The molecule has 4 rings (SSSR count). The molecule has 0 unspecified atom stereocenters. The Bertz CT molecular complexity index is 1360. The summed E-state index contributed by atoms with van der Waals surface area (Å²) in [4.78, 5) is 7.79. The number of halogens is 1. The molecule has 0 aliphatic carbocycles. The van der Waals surface area contributed by atoms with E-state index in [1.165, 1.54) is 0 Å². The molecular formula is C23H20BrN3O3S. The molecule has 0 aliphatic heterocycles. The number of aromatic amines is 1. The molecule has 3 N–H and O–H groups in total. The van der Waals surface area contributed by atoms with E-state index in [1.54, 1.807) is 25.1 Å². The van der Waals surface area contributed by atoms with Crippen LogP contribution in [-0.2, 0) is 10.0 Å². The first-order valence-electron chi connectivity index (χ1n) is 9.61. The molecule has 0 fully saturated rings. The maximum absolute atomic E-state index is 12.0. The minimum absolute atomic E-state index is 0.0312. The minimum Gasteiger partial charge on any atom is -0.494 e. The molecular weight excluding hydrogens is 478 g/mol. The van der Waals surface area contributed by atoms with Crippen molar-refractivity contribution in [2.45, 2.75) is 6.92 Å². The molecule has 0 atom stereocenters. The third kappa shape index (κ3) is 4.65. The number of benzene rings is 3. The zero-order valence-corrected chi connectivity index (χ0v) is 19.0. The van der Waals surface area contributed by atoms with Crippen molar-refractivity contribution in [3.05, 3.63) is 88.4 Å². The lowest BCUT2D eigenvalue weighted by Gasteiger charge is -2.09. The van der Waals surface area contributed by atoms with E-state index in [-0.39, 0.29) is 11.6 Å². The van der Waals surface area contributed by atoms with E-state index in [0.29, 0.717) is 27.9 Å². The average Bonchev–Trinajstić information content (AvgIpc) is 3.08. The van der Waals surface area contributed by atoms with Gasteiger partial charge in [0.1, 0.15) is 0 Å². The second-order valence-electron chi connectivity index (χ2n) is 6.92. The normalized spacial score (nSPS) is 12.3. The standard InChI is InChI=1S/C23H20BrN3O3S/c1-2-31(29,30)27-18-12-13-20-19(14-18)21(23(28)26-20)22(15-6-4-3-5-7-15)25-17-10-8-16(24)9-11-17/h3-14,26-28H,2H2,1H3. The summed E-state index contributed by atoms with van der Waals surface area (Å²) in [6.45, 7) is 1.58. The number of aromatic hydroxyl groups is 1. The second-order valence-corrected chi connectivity index (χ2v) is 9.84. The first kappa shape index (κ1) is 21.1. The third-order valence-electron chi connectivity index (χ3n) is 4.78. The quantitative estimate of drug-likeness (QED) is 0.304. The van der Waals surface area contributed by atoms with Crippen molar-refractivity contribution >= 4 is 53.9 Å². The van der Waals surface area contributed by atoms with E-state index in [2.05, 4.69) is 25.6 Å². The average molecular weight is 498 g/mol. The van der Waals surface area contributed by atoms with E-state index < -0.39 is 10.0 Å². The van der Waals surface area contributed by atoms with Gasteiger partial charge in [0.05, 0.1) is 22.7 Å². The van der Waals surface area contributed by atoms with Crippen molar-refractivity contribution in [3.63, 3.8) is 0 Å². The van der Waals surface area contributed by atoms with Gasteiger partial charge in [0.15, 0.2) is 5.88 Å². The van der Waals surface area contributed by atoms with Gasteiger partial charge in [-0.2, -0.15) is 0 Å². The molecule has 0 bridgehead atoms. The van der Waals surface area contributed by atoms with Crippen molar-refractivity contribution < 1.29 is 13.5 Å². The van der Waals surface area contributed by atoms with E-state index in [9.17, 15) is 13.5 Å². The molecule has 0 spiro atoms. The van der Waals surface area contributed by atoms with Gasteiger partial charge in [-0.25, -0.2) is 13.4 Å². The van der Waals surface area contributed by atoms with Crippen molar-refractivity contribution in [2.24, 2.45) is 4.99 Å². The first-order valence-corrected chi connectivity index (χ1v) is 12.1. The molecule has 4 aromatic rings. The van der Waals surface area contributed by atoms with Crippen LogP contribution in [-0.4, -0.2) is 30.0 Å². The van der Waals surface area contributed by atoms with Crippen LogP contribution in [0.5, 0.6) is 5.88 Å². The number of aliphatic imine (C=N–C) groups is 1. The van der Waals surface area contributed by atoms with Crippen LogP contribution in [0.15, 0.2) is 82.3 Å². The van der Waals surface area contributed by atoms with Crippen LogP contribution in [0.2, 0.25) is 0 Å². The van der Waals surface area contributed by atoms with Crippen LogP contribution in [0.4, 0.5) is 11.4 Å². The fraction of sp³-hybridized carbons (Fsp3) is 0.0870. The number of hydrogen-bond donors (Lipinski definition) is 3. The number of rotatable bonds is 6. The number of nitrogens with zero attached hydrogens (tertiary/aromatic N) is 1. The van der Waals surface area contributed by atoms with Gasteiger partial charge in [-0.3, -0.25) is 4.72 Å². The highest BCUT2D eigenvalue weighted by Crippen LogP contribution is 2.33. The molecule has 1 aromatic heterocycles. The molecule has 158 valence electrons. The van der Waals surface area contributed by atoms with Gasteiger partial charge in [0, 0.05) is 26.6 Å². The molecule has 0 amide bonds. The zero-order valence-electron chi connectivity index (χ0n) is 16.6. The van der Waals surface area contributed by atoms with Crippen molar-refractivity contribution in [1.82, 2.24) is 4.98 Å². The Morgan fingerprint density at radius 2 is 1.77 bits per heavy atom. The third-order valence-corrected chi connectivity index (χ3v) is 6.62. The monoisotopic (exact) mass is 497 g/mol. The number of H-pyrrole nitrogens is 1. The van der Waals surface area contributed by atoms with Gasteiger partial charge >= 0.3 is 0 Å². The number of aromatic nitrogens is 1. The maximum atomic E-state index is 12.0. The summed E-state index contributed by atoms with van der Waals surface area (Å²) in [7, 11) is -3.43. The highest BCUT2D eigenvalue weighted by molar-refractivity contribution is 9.10. The van der Waals surface area contributed by atoms with E-state index in [1.807, 2.05) is 54.6 Å². The van der Waals surface area contributed by atoms with Crippen LogP contribution in [0.25, 0.3) is 10.9 Å². The molecule has 3 aromatic carbocycles. The lowest BCUT2D eigenvalue weighted by molar-refractivity contribution is 0.457. The van der Waals surface area contributed by atoms with Gasteiger partial charge in [0.25, 0.3) is 0 Å². The Morgan fingerprint density at radius 3 is 2.45 bits per heavy atom.